The zero-order chi connectivity index (χ0) is 26.1. The predicted molar refractivity (Wildman–Crippen MR) is 144 cm³/mol. The molecule has 3 aromatic rings. The van der Waals surface area contributed by atoms with Gasteiger partial charge < -0.3 is 25.2 Å². The smallest absolute Gasteiger partial charge is 0.268 e. The van der Waals surface area contributed by atoms with Crippen molar-refractivity contribution in [3.8, 4) is 5.88 Å². The zero-order valence-electron chi connectivity index (χ0n) is 20.3. The number of aromatic nitrogens is 2. The van der Waals surface area contributed by atoms with Crippen LogP contribution in [0.15, 0.2) is 42.6 Å². The van der Waals surface area contributed by atoms with E-state index in [9.17, 15) is 9.59 Å². The summed E-state index contributed by atoms with van der Waals surface area (Å²) in [5.41, 5.74) is 2.64. The second-order valence-corrected chi connectivity index (χ2v) is 9.60. The average Bonchev–Trinajstić information content (AvgIpc) is 2.90. The predicted octanol–water partition coefficient (Wildman–Crippen LogP) is 3.64. The molecule has 0 radical (unpaired) electrons. The Labute approximate surface area is 224 Å². The highest BCUT2D eigenvalue weighted by atomic mass is 35.5. The number of piperazine rings is 1. The molecule has 1 saturated heterocycles. The van der Waals surface area contributed by atoms with Gasteiger partial charge in [-0.3, -0.25) is 14.5 Å². The van der Waals surface area contributed by atoms with Crippen LogP contribution in [0.1, 0.15) is 20.7 Å². The summed E-state index contributed by atoms with van der Waals surface area (Å²) < 4.78 is 5.76. The largest absolute Gasteiger partial charge is 0.455 e. The van der Waals surface area contributed by atoms with E-state index >= 15 is 0 Å². The molecule has 1 fully saturated rings. The molecule has 0 aliphatic carbocycles. The summed E-state index contributed by atoms with van der Waals surface area (Å²) in [4.78, 5) is 39.9. The van der Waals surface area contributed by atoms with Crippen molar-refractivity contribution in [1.29, 1.82) is 0 Å². The van der Waals surface area contributed by atoms with Gasteiger partial charge in [0.05, 0.1) is 21.3 Å². The number of nitrogens with one attached hydrogen (secondary N) is 2. The van der Waals surface area contributed by atoms with Crippen molar-refractivity contribution in [1.82, 2.24) is 20.2 Å². The van der Waals surface area contributed by atoms with E-state index in [1.54, 1.807) is 43.3 Å². The zero-order valence-corrected chi connectivity index (χ0v) is 21.8. The van der Waals surface area contributed by atoms with Crippen molar-refractivity contribution < 1.29 is 14.3 Å². The number of anilines is 4. The molecule has 2 aliphatic rings. The van der Waals surface area contributed by atoms with Gasteiger partial charge in [0.15, 0.2) is 6.73 Å². The lowest BCUT2D eigenvalue weighted by Gasteiger charge is -2.31. The van der Waals surface area contributed by atoms with Crippen LogP contribution in [0.3, 0.4) is 0 Å². The van der Waals surface area contributed by atoms with E-state index in [-0.39, 0.29) is 35.9 Å². The molecule has 0 saturated carbocycles. The van der Waals surface area contributed by atoms with Crippen molar-refractivity contribution in [3.05, 3.63) is 63.8 Å². The highest BCUT2D eigenvalue weighted by Gasteiger charge is 2.31. The average molecular weight is 542 g/mol. The number of hydrogen-bond donors (Lipinski definition) is 2. The van der Waals surface area contributed by atoms with Crippen LogP contribution in [0.4, 0.5) is 23.0 Å². The first kappa shape index (κ1) is 25.1. The molecule has 10 nitrogen and oxygen atoms in total. The van der Waals surface area contributed by atoms with E-state index in [4.69, 9.17) is 27.9 Å². The van der Waals surface area contributed by atoms with Crippen molar-refractivity contribution in [3.63, 3.8) is 0 Å². The number of rotatable bonds is 5. The van der Waals surface area contributed by atoms with Gasteiger partial charge in [0.2, 0.25) is 11.8 Å². The minimum Gasteiger partial charge on any atom is -0.455 e. The molecule has 0 atom stereocenters. The Morgan fingerprint density at radius 1 is 1.14 bits per heavy atom. The molecule has 37 heavy (non-hydrogen) atoms. The first-order valence-electron chi connectivity index (χ1n) is 11.7. The Balaban J connectivity index is 1.40. The molecule has 2 amide bonds. The van der Waals surface area contributed by atoms with Gasteiger partial charge in [-0.2, -0.15) is 4.98 Å². The van der Waals surface area contributed by atoms with Crippen LogP contribution in [-0.4, -0.2) is 73.7 Å². The monoisotopic (exact) mass is 541 g/mol. The molecular weight excluding hydrogens is 517 g/mol. The van der Waals surface area contributed by atoms with Crippen LogP contribution < -0.4 is 25.2 Å². The van der Waals surface area contributed by atoms with Crippen molar-refractivity contribution in [2.75, 3.05) is 62.1 Å². The maximum Gasteiger partial charge on any atom is 0.268 e. The van der Waals surface area contributed by atoms with E-state index in [1.807, 2.05) is 12.1 Å². The van der Waals surface area contributed by atoms with Crippen LogP contribution in [0.25, 0.3) is 0 Å². The lowest BCUT2D eigenvalue weighted by Crippen LogP contribution is -2.44. The van der Waals surface area contributed by atoms with Gasteiger partial charge in [-0.05, 0) is 30.3 Å². The second-order valence-electron chi connectivity index (χ2n) is 8.78. The normalized spacial score (nSPS) is 15.2. The third-order valence-corrected chi connectivity index (χ3v) is 6.72. The maximum absolute atomic E-state index is 13.1. The molecule has 0 bridgehead atoms. The SMILES string of the molecule is CN(C)C(=O)c1cc(Nc2ncc3c(n2)OCN(c2c(Cl)cccc2Cl)C3=O)ccc1N1CCNCC1. The number of amides is 2. The van der Waals surface area contributed by atoms with E-state index in [2.05, 4.69) is 25.5 Å². The van der Waals surface area contributed by atoms with Crippen LogP contribution in [0, 0.1) is 0 Å². The molecule has 2 N–H and O–H groups in total. The van der Waals surface area contributed by atoms with Gasteiger partial charge in [0.1, 0.15) is 5.56 Å². The van der Waals surface area contributed by atoms with Crippen molar-refractivity contribution >= 4 is 58.0 Å². The summed E-state index contributed by atoms with van der Waals surface area (Å²) >= 11 is 12.6. The molecule has 12 heteroatoms. The Hall–Kier alpha value is -3.60. The molecule has 1 aromatic heterocycles. The summed E-state index contributed by atoms with van der Waals surface area (Å²) in [6.07, 6.45) is 1.39. The number of benzene rings is 2. The Morgan fingerprint density at radius 2 is 1.86 bits per heavy atom. The third-order valence-electron chi connectivity index (χ3n) is 6.11. The molecular formula is C25H25Cl2N7O3. The van der Waals surface area contributed by atoms with Gasteiger partial charge in [-0.25, -0.2) is 4.98 Å². The number of carbonyl (C=O) groups is 2. The lowest BCUT2D eigenvalue weighted by atomic mass is 10.1. The topological polar surface area (TPSA) is 103 Å². The van der Waals surface area contributed by atoms with Crippen LogP contribution >= 0.6 is 23.2 Å². The van der Waals surface area contributed by atoms with Gasteiger partial charge in [0.25, 0.3) is 11.8 Å². The Morgan fingerprint density at radius 3 is 2.57 bits per heavy atom. The number of hydrogen-bond acceptors (Lipinski definition) is 8. The van der Waals surface area contributed by atoms with E-state index in [1.165, 1.54) is 11.1 Å². The molecule has 0 unspecified atom stereocenters. The van der Waals surface area contributed by atoms with Crippen molar-refractivity contribution in [2.24, 2.45) is 0 Å². The molecule has 3 heterocycles. The highest BCUT2D eigenvalue weighted by Crippen LogP contribution is 2.37. The molecule has 2 aliphatic heterocycles. The standard InChI is InChI=1S/C25H25Cl2N7O3/c1-32(2)23(35)16-12-15(6-7-20(16)33-10-8-28-9-11-33)30-25-29-13-17-22(31-25)37-14-34(24(17)36)21-18(26)4-3-5-19(21)27/h3-7,12-13,28H,8-11,14H2,1-2H3,(H,29,30,31). The summed E-state index contributed by atoms with van der Waals surface area (Å²) in [5, 5.41) is 7.12. The van der Waals surface area contributed by atoms with Gasteiger partial charge in [-0.1, -0.05) is 29.3 Å². The van der Waals surface area contributed by atoms with E-state index < -0.39 is 0 Å². The highest BCUT2D eigenvalue weighted by molar-refractivity contribution is 6.40. The number of fused-ring (bicyclic) bond motifs is 1. The van der Waals surface area contributed by atoms with Gasteiger partial charge >= 0.3 is 0 Å². The number of halogens is 2. The minimum atomic E-state index is -0.373. The molecule has 2 aromatic carbocycles. The van der Waals surface area contributed by atoms with E-state index in [0.717, 1.165) is 31.9 Å². The molecule has 192 valence electrons. The number of carbonyl (C=O) groups excluding carboxylic acids is 2. The fourth-order valence-electron chi connectivity index (χ4n) is 4.26. The van der Waals surface area contributed by atoms with Crippen LogP contribution in [0.2, 0.25) is 10.0 Å². The number of nitrogens with zero attached hydrogens (tertiary/aromatic N) is 5. The van der Waals surface area contributed by atoms with Gasteiger partial charge in [-0.15, -0.1) is 0 Å². The van der Waals surface area contributed by atoms with Gasteiger partial charge in [0, 0.05) is 57.8 Å². The summed E-state index contributed by atoms with van der Waals surface area (Å²) in [6.45, 7) is 3.24. The fourth-order valence-corrected chi connectivity index (χ4v) is 4.86. The minimum absolute atomic E-state index is 0.101. The lowest BCUT2D eigenvalue weighted by molar-refractivity contribution is 0.0827. The summed E-state index contributed by atoms with van der Waals surface area (Å²) in [7, 11) is 3.45. The van der Waals surface area contributed by atoms with Crippen molar-refractivity contribution in [2.45, 2.75) is 0 Å². The summed E-state index contributed by atoms with van der Waals surface area (Å²) in [5.74, 6) is -0.101. The number of para-hydroxylation sites is 1. The quantitative estimate of drug-likeness (QED) is 0.504. The first-order chi connectivity index (χ1) is 17.8. The number of ether oxygens (including phenoxy) is 1. The maximum atomic E-state index is 13.1. The third kappa shape index (κ3) is 5.00. The summed E-state index contributed by atoms with van der Waals surface area (Å²) in [6, 6.07) is 10.6. The molecule has 5 rings (SSSR count). The fraction of sp³-hybridized carbons (Fsp3) is 0.280. The Kier molecular flexibility index (Phi) is 7.05. The second kappa shape index (κ2) is 10.4. The van der Waals surface area contributed by atoms with Crippen LogP contribution in [0.5, 0.6) is 5.88 Å². The Bertz CT molecular complexity index is 1340. The van der Waals surface area contributed by atoms with Crippen LogP contribution in [-0.2, 0) is 0 Å². The first-order valence-corrected chi connectivity index (χ1v) is 12.4. The molecule has 0 spiro atoms. The van der Waals surface area contributed by atoms with E-state index in [0.29, 0.717) is 27.0 Å².